The molecule has 0 heterocycles. The molecule has 0 unspecified atom stereocenters. The van der Waals surface area contributed by atoms with Gasteiger partial charge in [-0.1, -0.05) is 55.8 Å². The van der Waals surface area contributed by atoms with Gasteiger partial charge in [0.05, 0.1) is 16.3 Å². The van der Waals surface area contributed by atoms with E-state index in [0.717, 1.165) is 5.56 Å². The smallest absolute Gasteiger partial charge is 0.340 e. The summed E-state index contributed by atoms with van der Waals surface area (Å²) >= 11 is 5.89. The van der Waals surface area contributed by atoms with Crippen molar-refractivity contribution in [2.75, 3.05) is 5.73 Å². The van der Waals surface area contributed by atoms with Crippen LogP contribution in [0, 0.1) is 0 Å². The van der Waals surface area contributed by atoms with Crippen LogP contribution in [0.25, 0.3) is 0 Å². The van der Waals surface area contributed by atoms with Crippen LogP contribution in [0.1, 0.15) is 41.3 Å². The minimum absolute atomic E-state index is 0.211. The lowest BCUT2D eigenvalue weighted by Gasteiger charge is -2.09. The fourth-order valence-corrected chi connectivity index (χ4v) is 2.11. The van der Waals surface area contributed by atoms with E-state index in [9.17, 15) is 4.79 Å². The molecule has 21 heavy (non-hydrogen) atoms. The summed E-state index contributed by atoms with van der Waals surface area (Å²) in [5, 5.41) is 0.353. The molecule has 2 aromatic carbocycles. The normalized spacial score (nSPS) is 10.7. The van der Waals surface area contributed by atoms with E-state index in [-0.39, 0.29) is 12.3 Å². The maximum Gasteiger partial charge on any atom is 0.340 e. The second-order valence-corrected chi connectivity index (χ2v) is 5.58. The Labute approximate surface area is 129 Å². The summed E-state index contributed by atoms with van der Waals surface area (Å²) < 4.78 is 5.27. The fraction of sp³-hybridized carbons (Fsp3) is 0.235. The molecule has 0 aliphatic carbocycles. The minimum atomic E-state index is -0.470. The quantitative estimate of drug-likeness (QED) is 0.672. The molecule has 0 aliphatic rings. The van der Waals surface area contributed by atoms with E-state index >= 15 is 0 Å². The summed E-state index contributed by atoms with van der Waals surface area (Å²) in [6.07, 6.45) is 0. The van der Waals surface area contributed by atoms with Crippen molar-refractivity contribution in [1.82, 2.24) is 0 Å². The molecular weight excluding hydrogens is 286 g/mol. The minimum Gasteiger partial charge on any atom is -0.457 e. The number of nitrogens with two attached hydrogens (primary N) is 1. The van der Waals surface area contributed by atoms with Crippen LogP contribution in [0.3, 0.4) is 0 Å². The second kappa shape index (κ2) is 6.64. The van der Waals surface area contributed by atoms with Crippen LogP contribution in [-0.2, 0) is 11.3 Å². The summed E-state index contributed by atoms with van der Waals surface area (Å²) in [7, 11) is 0. The molecule has 0 spiro atoms. The Hall–Kier alpha value is -2.00. The summed E-state index contributed by atoms with van der Waals surface area (Å²) in [5.41, 5.74) is 8.51. The van der Waals surface area contributed by atoms with Crippen molar-refractivity contribution in [3.8, 4) is 0 Å². The Morgan fingerprint density at radius 2 is 1.86 bits per heavy atom. The highest BCUT2D eigenvalue weighted by Crippen LogP contribution is 2.23. The second-order valence-electron chi connectivity index (χ2n) is 5.17. The van der Waals surface area contributed by atoms with Crippen molar-refractivity contribution in [2.24, 2.45) is 0 Å². The lowest BCUT2D eigenvalue weighted by Crippen LogP contribution is -2.08. The van der Waals surface area contributed by atoms with E-state index in [0.29, 0.717) is 16.5 Å². The first-order valence-electron chi connectivity index (χ1n) is 6.79. The lowest BCUT2D eigenvalue weighted by atomic mass is 10.0. The summed E-state index contributed by atoms with van der Waals surface area (Å²) in [4.78, 5) is 12.0. The predicted molar refractivity (Wildman–Crippen MR) is 85.5 cm³/mol. The molecule has 0 bridgehead atoms. The van der Waals surface area contributed by atoms with Gasteiger partial charge in [-0.3, -0.25) is 0 Å². The SMILES string of the molecule is CC(C)c1ccc(COC(=O)c2cccc(Cl)c2N)cc1. The average molecular weight is 304 g/mol. The van der Waals surface area contributed by atoms with Crippen LogP contribution in [0.4, 0.5) is 5.69 Å². The van der Waals surface area contributed by atoms with Gasteiger partial charge in [-0.25, -0.2) is 4.79 Å². The van der Waals surface area contributed by atoms with E-state index in [4.69, 9.17) is 22.1 Å². The maximum atomic E-state index is 12.0. The van der Waals surface area contributed by atoms with Crippen molar-refractivity contribution >= 4 is 23.3 Å². The van der Waals surface area contributed by atoms with Crippen LogP contribution >= 0.6 is 11.6 Å². The van der Waals surface area contributed by atoms with Gasteiger partial charge in [-0.2, -0.15) is 0 Å². The zero-order valence-corrected chi connectivity index (χ0v) is 12.9. The first-order chi connectivity index (χ1) is 9.99. The molecule has 0 fully saturated rings. The van der Waals surface area contributed by atoms with Crippen LogP contribution in [-0.4, -0.2) is 5.97 Å². The third kappa shape index (κ3) is 3.76. The van der Waals surface area contributed by atoms with Crippen LogP contribution < -0.4 is 5.73 Å². The highest BCUT2D eigenvalue weighted by molar-refractivity contribution is 6.33. The number of halogens is 1. The molecule has 0 atom stereocenters. The van der Waals surface area contributed by atoms with Gasteiger partial charge >= 0.3 is 5.97 Å². The van der Waals surface area contributed by atoms with Crippen molar-refractivity contribution in [3.63, 3.8) is 0 Å². The Kier molecular flexibility index (Phi) is 4.86. The van der Waals surface area contributed by atoms with E-state index in [1.54, 1.807) is 18.2 Å². The van der Waals surface area contributed by atoms with Crippen molar-refractivity contribution in [1.29, 1.82) is 0 Å². The first kappa shape index (κ1) is 15.4. The van der Waals surface area contributed by atoms with Gasteiger partial charge in [0, 0.05) is 0 Å². The highest BCUT2D eigenvalue weighted by atomic mass is 35.5. The van der Waals surface area contributed by atoms with E-state index in [2.05, 4.69) is 13.8 Å². The monoisotopic (exact) mass is 303 g/mol. The number of hydrogen-bond acceptors (Lipinski definition) is 3. The fourth-order valence-electron chi connectivity index (χ4n) is 1.94. The molecule has 0 aliphatic heterocycles. The first-order valence-corrected chi connectivity index (χ1v) is 7.16. The molecule has 0 amide bonds. The molecule has 3 nitrogen and oxygen atoms in total. The Balaban J connectivity index is 2.02. The Bertz CT molecular complexity index is 636. The number of ether oxygens (including phenoxy) is 1. The zero-order valence-electron chi connectivity index (χ0n) is 12.1. The summed E-state index contributed by atoms with van der Waals surface area (Å²) in [6.45, 7) is 4.48. The number of nitrogen functional groups attached to an aromatic ring is 1. The Morgan fingerprint density at radius 3 is 2.48 bits per heavy atom. The van der Waals surface area contributed by atoms with Crippen molar-refractivity contribution in [2.45, 2.75) is 26.4 Å². The molecule has 0 aromatic heterocycles. The van der Waals surface area contributed by atoms with E-state index in [1.807, 2.05) is 24.3 Å². The molecule has 0 radical (unpaired) electrons. The molecular formula is C17H18ClNO2. The molecule has 0 saturated heterocycles. The molecule has 110 valence electrons. The van der Waals surface area contributed by atoms with Gasteiger partial charge in [0.2, 0.25) is 0 Å². The zero-order chi connectivity index (χ0) is 15.4. The van der Waals surface area contributed by atoms with Crippen molar-refractivity contribution in [3.05, 3.63) is 64.2 Å². The van der Waals surface area contributed by atoms with Gasteiger partial charge in [0.25, 0.3) is 0 Å². The van der Waals surface area contributed by atoms with Gasteiger partial charge in [-0.05, 0) is 29.2 Å². The number of carbonyl (C=O) groups is 1. The van der Waals surface area contributed by atoms with Gasteiger partial charge in [0.1, 0.15) is 6.61 Å². The molecule has 0 saturated carbocycles. The third-order valence-corrected chi connectivity index (χ3v) is 3.62. The number of benzene rings is 2. The third-order valence-electron chi connectivity index (χ3n) is 3.29. The molecule has 2 aromatic rings. The summed E-state index contributed by atoms with van der Waals surface area (Å²) in [5.74, 6) is 0.01000. The van der Waals surface area contributed by atoms with E-state index < -0.39 is 5.97 Å². The maximum absolute atomic E-state index is 12.0. The number of rotatable bonds is 4. The number of hydrogen-bond donors (Lipinski definition) is 1. The van der Waals surface area contributed by atoms with Gasteiger partial charge in [-0.15, -0.1) is 0 Å². The molecule has 4 heteroatoms. The van der Waals surface area contributed by atoms with Crippen LogP contribution in [0.2, 0.25) is 5.02 Å². The number of carbonyl (C=O) groups excluding carboxylic acids is 1. The standard InChI is InChI=1S/C17H18ClNO2/c1-11(2)13-8-6-12(7-9-13)10-21-17(20)14-4-3-5-15(18)16(14)19/h3-9,11H,10,19H2,1-2H3. The topological polar surface area (TPSA) is 52.3 Å². The lowest BCUT2D eigenvalue weighted by molar-refractivity contribution is 0.0474. The predicted octanol–water partition coefficient (Wildman–Crippen LogP) is 4.40. The van der Waals surface area contributed by atoms with Crippen LogP contribution in [0.15, 0.2) is 42.5 Å². The highest BCUT2D eigenvalue weighted by Gasteiger charge is 2.13. The van der Waals surface area contributed by atoms with Gasteiger partial charge < -0.3 is 10.5 Å². The van der Waals surface area contributed by atoms with Crippen LogP contribution in [0.5, 0.6) is 0 Å². The Morgan fingerprint density at radius 1 is 1.19 bits per heavy atom. The van der Waals surface area contributed by atoms with Crippen molar-refractivity contribution < 1.29 is 9.53 Å². The van der Waals surface area contributed by atoms with E-state index in [1.165, 1.54) is 5.56 Å². The molecule has 2 N–H and O–H groups in total. The molecule has 2 rings (SSSR count). The average Bonchev–Trinajstić information content (AvgIpc) is 2.48. The van der Waals surface area contributed by atoms with Gasteiger partial charge in [0.15, 0.2) is 0 Å². The summed E-state index contributed by atoms with van der Waals surface area (Å²) in [6, 6.07) is 12.9. The largest absolute Gasteiger partial charge is 0.457 e. The number of para-hydroxylation sites is 1. The number of anilines is 1. The number of esters is 1.